The Labute approximate surface area is 238 Å². The summed E-state index contributed by atoms with van der Waals surface area (Å²) in [5.74, 6) is 0.279. The van der Waals surface area contributed by atoms with Crippen molar-refractivity contribution in [3.63, 3.8) is 0 Å². The molecular formula is C31H27Cl2N3O3. The summed E-state index contributed by atoms with van der Waals surface area (Å²) in [6.45, 7) is 2.36. The number of nitrogens with zero attached hydrogens (tertiary/aromatic N) is 3. The van der Waals surface area contributed by atoms with Crippen molar-refractivity contribution in [2.75, 3.05) is 13.7 Å². The quantitative estimate of drug-likeness (QED) is 0.363. The van der Waals surface area contributed by atoms with Gasteiger partial charge in [-0.1, -0.05) is 65.7 Å². The van der Waals surface area contributed by atoms with E-state index in [4.69, 9.17) is 27.9 Å². The first kappa shape index (κ1) is 26.8. The second-order valence-corrected chi connectivity index (χ2v) is 10.9. The van der Waals surface area contributed by atoms with Crippen molar-refractivity contribution < 1.29 is 14.3 Å². The van der Waals surface area contributed by atoms with E-state index >= 15 is 0 Å². The van der Waals surface area contributed by atoms with Gasteiger partial charge in [-0.15, -0.1) is 0 Å². The van der Waals surface area contributed by atoms with Gasteiger partial charge in [-0.05, 0) is 47.0 Å². The second kappa shape index (κ2) is 10.8. The van der Waals surface area contributed by atoms with E-state index in [0.717, 1.165) is 11.1 Å². The van der Waals surface area contributed by atoms with Crippen LogP contribution in [0.15, 0.2) is 78.6 Å². The van der Waals surface area contributed by atoms with Gasteiger partial charge in [-0.3, -0.25) is 9.59 Å². The molecule has 198 valence electrons. The van der Waals surface area contributed by atoms with Crippen molar-refractivity contribution >= 4 is 40.6 Å². The molecule has 0 spiro atoms. The van der Waals surface area contributed by atoms with Crippen LogP contribution in [0.5, 0.6) is 0 Å². The Balaban J connectivity index is 1.61. The molecule has 1 fully saturated rings. The molecule has 3 aromatic carbocycles. The summed E-state index contributed by atoms with van der Waals surface area (Å²) in [6, 6.07) is 24.1. The number of ether oxygens (including phenoxy) is 1. The van der Waals surface area contributed by atoms with Gasteiger partial charge in [0.1, 0.15) is 11.3 Å². The van der Waals surface area contributed by atoms with Crippen LogP contribution in [0.3, 0.4) is 0 Å². The summed E-state index contributed by atoms with van der Waals surface area (Å²) in [6.07, 6.45) is 0.950. The molecule has 1 saturated heterocycles. The van der Waals surface area contributed by atoms with Crippen LogP contribution in [0.1, 0.15) is 35.6 Å². The number of amides is 2. The molecule has 0 saturated carbocycles. The van der Waals surface area contributed by atoms with Crippen molar-refractivity contribution in [2.45, 2.75) is 37.9 Å². The topological polar surface area (TPSA) is 73.6 Å². The molecule has 0 aliphatic carbocycles. The van der Waals surface area contributed by atoms with Crippen molar-refractivity contribution in [1.29, 1.82) is 5.26 Å². The second-order valence-electron chi connectivity index (χ2n) is 9.99. The van der Waals surface area contributed by atoms with Crippen LogP contribution in [0.4, 0.5) is 0 Å². The van der Waals surface area contributed by atoms with Gasteiger partial charge >= 0.3 is 0 Å². The highest BCUT2D eigenvalue weighted by Crippen LogP contribution is 2.50. The number of benzene rings is 3. The normalized spacial score (nSPS) is 20.1. The van der Waals surface area contributed by atoms with Gasteiger partial charge in [-0.2, -0.15) is 5.26 Å². The van der Waals surface area contributed by atoms with E-state index in [2.05, 4.69) is 6.07 Å². The Bertz CT molecular complexity index is 1480. The van der Waals surface area contributed by atoms with Crippen LogP contribution in [0.25, 0.3) is 5.57 Å². The number of nitriles is 1. The third-order valence-electron chi connectivity index (χ3n) is 7.57. The summed E-state index contributed by atoms with van der Waals surface area (Å²) < 4.78 is 6.04. The van der Waals surface area contributed by atoms with Crippen LogP contribution >= 0.6 is 23.2 Å². The Morgan fingerprint density at radius 1 is 1.08 bits per heavy atom. The molecule has 2 heterocycles. The number of fused-ring (bicyclic) bond motifs is 1. The zero-order valence-corrected chi connectivity index (χ0v) is 23.2. The highest BCUT2D eigenvalue weighted by molar-refractivity contribution is 6.35. The molecule has 3 aromatic rings. The molecule has 0 N–H and O–H groups in total. The SMILES string of the molecule is COC1=C(c2cc(Cl)cc(Cl)c2)C(=O)N2CC(N(Cc3ccccc3)C(C)=O)CC12Cc1ccc(C#N)cc1. The third-order valence-corrected chi connectivity index (χ3v) is 8.00. The number of hydrogen-bond acceptors (Lipinski definition) is 4. The van der Waals surface area contributed by atoms with Crippen LogP contribution < -0.4 is 0 Å². The Kier molecular flexibility index (Phi) is 7.40. The number of hydrogen-bond donors (Lipinski definition) is 0. The molecule has 2 aliphatic heterocycles. The number of carbonyl (C=O) groups excluding carboxylic acids is 2. The molecule has 2 aliphatic rings. The predicted octanol–water partition coefficient (Wildman–Crippen LogP) is 5.87. The van der Waals surface area contributed by atoms with Gasteiger partial charge in [-0.25, -0.2) is 0 Å². The molecule has 39 heavy (non-hydrogen) atoms. The molecule has 6 nitrogen and oxygen atoms in total. The van der Waals surface area contributed by atoms with Gasteiger partial charge in [0.25, 0.3) is 5.91 Å². The summed E-state index contributed by atoms with van der Waals surface area (Å²) in [5.41, 5.74) is 2.70. The highest BCUT2D eigenvalue weighted by atomic mass is 35.5. The van der Waals surface area contributed by atoms with Crippen LogP contribution in [-0.4, -0.2) is 46.8 Å². The van der Waals surface area contributed by atoms with E-state index in [0.29, 0.717) is 58.4 Å². The third kappa shape index (κ3) is 5.01. The smallest absolute Gasteiger partial charge is 0.258 e. The first-order valence-corrected chi connectivity index (χ1v) is 13.4. The van der Waals surface area contributed by atoms with Crippen LogP contribution in [-0.2, 0) is 27.3 Å². The fourth-order valence-electron chi connectivity index (χ4n) is 5.92. The number of carbonyl (C=O) groups is 2. The van der Waals surface area contributed by atoms with Gasteiger partial charge in [0, 0.05) is 42.9 Å². The van der Waals surface area contributed by atoms with Crippen molar-refractivity contribution in [3.8, 4) is 6.07 Å². The zero-order chi connectivity index (χ0) is 27.7. The van der Waals surface area contributed by atoms with E-state index in [1.165, 1.54) is 0 Å². The molecule has 8 heteroatoms. The molecule has 2 atom stereocenters. The fourth-order valence-corrected chi connectivity index (χ4v) is 6.45. The summed E-state index contributed by atoms with van der Waals surface area (Å²) >= 11 is 12.6. The standard InChI is InChI=1S/C31H27Cl2N3O3/c1-20(37)35(18-23-6-4-3-5-7-23)27-16-31(15-21-8-10-22(17-34)11-9-21)29(39-2)28(30(38)36(31)19-27)24-12-25(32)14-26(33)13-24/h3-14,27H,15-16,18-19H2,1-2H3. The van der Waals surface area contributed by atoms with Gasteiger partial charge < -0.3 is 14.5 Å². The first-order valence-electron chi connectivity index (χ1n) is 12.6. The lowest BCUT2D eigenvalue weighted by Crippen LogP contribution is -2.45. The van der Waals surface area contributed by atoms with E-state index in [9.17, 15) is 14.9 Å². The van der Waals surface area contributed by atoms with Gasteiger partial charge in [0.2, 0.25) is 5.91 Å². The molecule has 0 radical (unpaired) electrons. The Morgan fingerprint density at radius 3 is 2.33 bits per heavy atom. The minimum absolute atomic E-state index is 0.0595. The summed E-state index contributed by atoms with van der Waals surface area (Å²) in [5, 5.41) is 10.1. The maximum Gasteiger partial charge on any atom is 0.258 e. The Morgan fingerprint density at radius 2 is 1.74 bits per heavy atom. The molecule has 0 aromatic heterocycles. The molecular weight excluding hydrogens is 533 g/mol. The van der Waals surface area contributed by atoms with Crippen molar-refractivity contribution in [1.82, 2.24) is 9.80 Å². The predicted molar refractivity (Wildman–Crippen MR) is 151 cm³/mol. The minimum Gasteiger partial charge on any atom is -0.498 e. The lowest BCUT2D eigenvalue weighted by atomic mass is 9.84. The highest BCUT2D eigenvalue weighted by Gasteiger charge is 2.59. The van der Waals surface area contributed by atoms with Crippen LogP contribution in [0.2, 0.25) is 10.0 Å². The largest absolute Gasteiger partial charge is 0.498 e. The maximum absolute atomic E-state index is 14.1. The minimum atomic E-state index is -0.834. The zero-order valence-electron chi connectivity index (χ0n) is 21.7. The first-order chi connectivity index (χ1) is 18.8. The summed E-state index contributed by atoms with van der Waals surface area (Å²) in [4.78, 5) is 30.7. The average molecular weight is 560 g/mol. The lowest BCUT2D eigenvalue weighted by Gasteiger charge is -2.34. The fraction of sp³-hybridized carbons (Fsp3) is 0.258. The van der Waals surface area contributed by atoms with Crippen molar-refractivity contribution in [2.24, 2.45) is 0 Å². The van der Waals surface area contributed by atoms with Crippen molar-refractivity contribution in [3.05, 3.63) is 111 Å². The maximum atomic E-state index is 14.1. The number of halogens is 2. The van der Waals surface area contributed by atoms with Crippen LogP contribution in [0, 0.1) is 11.3 Å². The van der Waals surface area contributed by atoms with Gasteiger partial charge in [0.05, 0.1) is 30.4 Å². The van der Waals surface area contributed by atoms with E-state index in [-0.39, 0.29) is 17.9 Å². The monoisotopic (exact) mass is 559 g/mol. The molecule has 2 unspecified atom stereocenters. The lowest BCUT2D eigenvalue weighted by molar-refractivity contribution is -0.132. The Hall–Kier alpha value is -3.79. The van der Waals surface area contributed by atoms with Gasteiger partial charge in [0.15, 0.2) is 0 Å². The van der Waals surface area contributed by atoms with E-state index < -0.39 is 5.54 Å². The average Bonchev–Trinajstić information content (AvgIpc) is 3.39. The van der Waals surface area contributed by atoms with E-state index in [1.807, 2.05) is 52.3 Å². The summed E-state index contributed by atoms with van der Waals surface area (Å²) in [7, 11) is 1.57. The number of rotatable bonds is 7. The number of methoxy groups -OCH3 is 1. The molecule has 2 amide bonds. The van der Waals surface area contributed by atoms with E-state index in [1.54, 1.807) is 44.4 Å². The molecule has 0 bridgehead atoms. The molecule has 5 rings (SSSR count).